The molecule has 0 bridgehead atoms. The highest BCUT2D eigenvalue weighted by Crippen LogP contribution is 2.21. The van der Waals surface area contributed by atoms with E-state index in [1.165, 1.54) is 10.4 Å². The summed E-state index contributed by atoms with van der Waals surface area (Å²) in [7, 11) is -1.73. The van der Waals surface area contributed by atoms with Gasteiger partial charge in [-0.15, -0.1) is 0 Å². The van der Waals surface area contributed by atoms with E-state index in [4.69, 9.17) is 0 Å². The van der Waals surface area contributed by atoms with Crippen molar-refractivity contribution >= 4 is 22.0 Å². The summed E-state index contributed by atoms with van der Waals surface area (Å²) in [4.78, 5) is 14.3. The van der Waals surface area contributed by atoms with Gasteiger partial charge in [0, 0.05) is 51.1 Å². The molecule has 0 radical (unpaired) electrons. The Balaban J connectivity index is 1.60. The third kappa shape index (κ3) is 4.51. The zero-order chi connectivity index (χ0) is 20.3. The van der Waals surface area contributed by atoms with E-state index in [-0.39, 0.29) is 5.91 Å². The molecule has 1 aliphatic heterocycles. The van der Waals surface area contributed by atoms with Crippen molar-refractivity contribution in [3.05, 3.63) is 53.9 Å². The number of rotatable bonds is 5. The third-order valence-corrected chi connectivity index (χ3v) is 6.79. The maximum Gasteiger partial charge on any atom is 0.246 e. The van der Waals surface area contributed by atoms with E-state index in [1.807, 2.05) is 25.4 Å². The Hall–Kier alpha value is -2.45. The van der Waals surface area contributed by atoms with Gasteiger partial charge in [-0.3, -0.25) is 9.48 Å². The Kier molecular flexibility index (Phi) is 6.00. The van der Waals surface area contributed by atoms with E-state index in [2.05, 4.69) is 18.9 Å². The maximum atomic E-state index is 12.9. The first kappa shape index (κ1) is 20.3. The van der Waals surface area contributed by atoms with Crippen molar-refractivity contribution in [1.82, 2.24) is 19.0 Å². The van der Waals surface area contributed by atoms with E-state index in [0.29, 0.717) is 37.0 Å². The molecule has 2 aromatic rings. The van der Waals surface area contributed by atoms with Crippen LogP contribution in [0.5, 0.6) is 0 Å². The fourth-order valence-electron chi connectivity index (χ4n) is 3.12. The van der Waals surface area contributed by atoms with Crippen LogP contribution in [0.2, 0.25) is 0 Å². The highest BCUT2D eigenvalue weighted by atomic mass is 32.2. The van der Waals surface area contributed by atoms with Gasteiger partial charge >= 0.3 is 0 Å². The van der Waals surface area contributed by atoms with Crippen LogP contribution in [0.3, 0.4) is 0 Å². The number of amides is 1. The van der Waals surface area contributed by atoms with E-state index >= 15 is 0 Å². The second-order valence-corrected chi connectivity index (χ2v) is 9.17. The molecule has 0 atom stereocenters. The number of carbonyl (C=O) groups excluding carboxylic acids is 1. The van der Waals surface area contributed by atoms with Crippen LogP contribution in [0, 0.1) is 0 Å². The fraction of sp³-hybridized carbons (Fsp3) is 0.400. The zero-order valence-corrected chi connectivity index (χ0v) is 17.3. The summed E-state index contributed by atoms with van der Waals surface area (Å²) >= 11 is 0. The van der Waals surface area contributed by atoms with E-state index in [0.717, 1.165) is 11.1 Å². The third-order valence-electron chi connectivity index (χ3n) is 4.88. The van der Waals surface area contributed by atoms with Crippen molar-refractivity contribution in [1.29, 1.82) is 0 Å². The number of sulfonamides is 1. The van der Waals surface area contributed by atoms with E-state index in [1.54, 1.807) is 34.0 Å². The number of nitrogens with zero attached hydrogens (tertiary/aromatic N) is 4. The first-order chi connectivity index (χ1) is 13.3. The largest absolute Gasteiger partial charge is 0.337 e. The number of hydrogen-bond donors (Lipinski definition) is 0. The molecule has 7 nitrogen and oxygen atoms in total. The number of aryl methyl sites for hydroxylation is 1. The number of hydrogen-bond acceptors (Lipinski definition) is 4. The normalized spacial score (nSPS) is 16.2. The molecule has 1 fully saturated rings. The lowest BCUT2D eigenvalue weighted by Crippen LogP contribution is -2.50. The van der Waals surface area contributed by atoms with Crippen LogP contribution in [0.1, 0.15) is 30.9 Å². The predicted octanol–water partition coefficient (Wildman–Crippen LogP) is 2.09. The van der Waals surface area contributed by atoms with Crippen molar-refractivity contribution in [2.75, 3.05) is 26.2 Å². The minimum Gasteiger partial charge on any atom is -0.337 e. The molecular formula is C20H26N4O3S. The van der Waals surface area contributed by atoms with Crippen LogP contribution >= 0.6 is 0 Å². The second-order valence-electron chi connectivity index (χ2n) is 7.23. The lowest BCUT2D eigenvalue weighted by Gasteiger charge is -2.33. The molecule has 28 heavy (non-hydrogen) atoms. The summed E-state index contributed by atoms with van der Waals surface area (Å²) in [6.07, 6.45) is 6.72. The molecule has 1 aliphatic rings. The van der Waals surface area contributed by atoms with Crippen molar-refractivity contribution in [2.45, 2.75) is 24.7 Å². The van der Waals surface area contributed by atoms with Crippen LogP contribution in [-0.2, 0) is 21.9 Å². The summed E-state index contributed by atoms with van der Waals surface area (Å²) in [6.45, 7) is 5.48. The van der Waals surface area contributed by atoms with Gasteiger partial charge in [-0.1, -0.05) is 26.0 Å². The molecule has 0 unspecified atom stereocenters. The molecule has 8 heteroatoms. The monoisotopic (exact) mass is 402 g/mol. The minimum atomic E-state index is -3.54. The minimum absolute atomic E-state index is 0.123. The second kappa shape index (κ2) is 8.28. The fourth-order valence-corrected chi connectivity index (χ4v) is 4.54. The standard InChI is InChI=1S/C20H26N4O3S/c1-16(2)18-5-7-19(8-6-18)28(26,27)24-12-10-23(11-13-24)20(25)9-4-17-14-21-22(3)15-17/h4-9,14-16H,10-13H2,1-3H3. The van der Waals surface area contributed by atoms with Gasteiger partial charge in [0.05, 0.1) is 11.1 Å². The van der Waals surface area contributed by atoms with Gasteiger partial charge in [0.1, 0.15) is 0 Å². The molecular weight excluding hydrogens is 376 g/mol. The van der Waals surface area contributed by atoms with Crippen molar-refractivity contribution in [2.24, 2.45) is 7.05 Å². The molecule has 0 spiro atoms. The molecule has 1 saturated heterocycles. The van der Waals surface area contributed by atoms with Crippen molar-refractivity contribution in [3.8, 4) is 0 Å². The van der Waals surface area contributed by atoms with Crippen molar-refractivity contribution in [3.63, 3.8) is 0 Å². The summed E-state index contributed by atoms with van der Waals surface area (Å²) < 4.78 is 28.8. The average Bonchev–Trinajstić information content (AvgIpc) is 3.11. The molecule has 1 aromatic heterocycles. The smallest absolute Gasteiger partial charge is 0.246 e. The van der Waals surface area contributed by atoms with Crippen LogP contribution in [0.25, 0.3) is 6.08 Å². The lowest BCUT2D eigenvalue weighted by atomic mass is 10.0. The number of carbonyl (C=O) groups is 1. The van der Waals surface area contributed by atoms with Gasteiger partial charge < -0.3 is 4.90 Å². The topological polar surface area (TPSA) is 75.5 Å². The van der Waals surface area contributed by atoms with E-state index < -0.39 is 10.0 Å². The quantitative estimate of drug-likeness (QED) is 0.718. The van der Waals surface area contributed by atoms with Gasteiger partial charge in [-0.2, -0.15) is 9.40 Å². The highest BCUT2D eigenvalue weighted by molar-refractivity contribution is 7.89. The van der Waals surface area contributed by atoms with Crippen molar-refractivity contribution < 1.29 is 13.2 Å². The Morgan fingerprint density at radius 2 is 1.75 bits per heavy atom. The van der Waals surface area contributed by atoms with Gasteiger partial charge in [0.2, 0.25) is 15.9 Å². The zero-order valence-electron chi connectivity index (χ0n) is 16.4. The lowest BCUT2D eigenvalue weighted by molar-refractivity contribution is -0.127. The molecule has 0 N–H and O–H groups in total. The first-order valence-electron chi connectivity index (χ1n) is 9.33. The molecule has 3 rings (SSSR count). The Morgan fingerprint density at radius 3 is 2.29 bits per heavy atom. The molecule has 0 saturated carbocycles. The van der Waals surface area contributed by atoms with Gasteiger partial charge in [0.15, 0.2) is 0 Å². The highest BCUT2D eigenvalue weighted by Gasteiger charge is 2.29. The molecule has 1 amide bonds. The Bertz CT molecular complexity index is 954. The number of benzene rings is 1. The SMILES string of the molecule is CC(C)c1ccc(S(=O)(=O)N2CCN(C(=O)C=Cc3cnn(C)c3)CC2)cc1. The summed E-state index contributed by atoms with van der Waals surface area (Å²) in [5, 5.41) is 4.05. The first-order valence-corrected chi connectivity index (χ1v) is 10.8. The van der Waals surface area contributed by atoms with Gasteiger partial charge in [0.25, 0.3) is 0 Å². The Labute approximate surface area is 166 Å². The average molecular weight is 403 g/mol. The van der Waals surface area contributed by atoms with Crippen LogP contribution in [0.4, 0.5) is 0 Å². The molecule has 150 valence electrons. The van der Waals surface area contributed by atoms with Crippen LogP contribution < -0.4 is 0 Å². The Morgan fingerprint density at radius 1 is 1.11 bits per heavy atom. The van der Waals surface area contributed by atoms with Crippen LogP contribution in [-0.4, -0.2) is 59.5 Å². The maximum absolute atomic E-state index is 12.9. The molecule has 2 heterocycles. The molecule has 1 aromatic carbocycles. The summed E-state index contributed by atoms with van der Waals surface area (Å²) in [5.41, 5.74) is 1.96. The number of piperazine rings is 1. The van der Waals surface area contributed by atoms with Gasteiger partial charge in [-0.25, -0.2) is 8.42 Å². The van der Waals surface area contributed by atoms with Gasteiger partial charge in [-0.05, 0) is 29.7 Å². The number of aromatic nitrogens is 2. The molecule has 0 aliphatic carbocycles. The summed E-state index contributed by atoms with van der Waals surface area (Å²) in [6, 6.07) is 7.05. The van der Waals surface area contributed by atoms with E-state index in [9.17, 15) is 13.2 Å². The predicted molar refractivity (Wildman–Crippen MR) is 108 cm³/mol. The van der Waals surface area contributed by atoms with Crippen LogP contribution in [0.15, 0.2) is 47.6 Å². The summed E-state index contributed by atoms with van der Waals surface area (Å²) in [5.74, 6) is 0.230.